The summed E-state index contributed by atoms with van der Waals surface area (Å²) >= 11 is 0. The van der Waals surface area contributed by atoms with Crippen LogP contribution < -0.4 is 10.6 Å². The zero-order valence-corrected chi connectivity index (χ0v) is 21.4. The molecule has 4 rings (SSSR count). The van der Waals surface area contributed by atoms with Gasteiger partial charge in [-0.05, 0) is 67.5 Å². The van der Waals surface area contributed by atoms with Crippen LogP contribution in [0.25, 0.3) is 0 Å². The van der Waals surface area contributed by atoms with Gasteiger partial charge in [-0.15, -0.1) is 0 Å². The van der Waals surface area contributed by atoms with Gasteiger partial charge in [-0.3, -0.25) is 4.79 Å². The van der Waals surface area contributed by atoms with E-state index >= 15 is 0 Å². The molecule has 1 saturated carbocycles. The van der Waals surface area contributed by atoms with Gasteiger partial charge in [0.1, 0.15) is 0 Å². The summed E-state index contributed by atoms with van der Waals surface area (Å²) in [5.74, 6) is -1.86. The van der Waals surface area contributed by atoms with Crippen LogP contribution in [0.15, 0.2) is 78.9 Å². The molecule has 0 aromatic heterocycles. The minimum atomic E-state index is -4.98. The number of carbonyl (C=O) groups is 1. The number of nitrogens with one attached hydrogen (secondary N) is 2. The molecule has 0 spiro atoms. The van der Waals surface area contributed by atoms with Crippen molar-refractivity contribution in [2.75, 3.05) is 0 Å². The second-order valence-electron chi connectivity index (χ2n) is 10.1. The largest absolute Gasteiger partial charge is 0.416 e. The first-order chi connectivity index (χ1) is 18.4. The van der Waals surface area contributed by atoms with E-state index < -0.39 is 40.8 Å². The Morgan fingerprint density at radius 2 is 1.36 bits per heavy atom. The summed E-state index contributed by atoms with van der Waals surface area (Å²) < 4.78 is 80.3. The van der Waals surface area contributed by atoms with Crippen molar-refractivity contribution < 1.29 is 31.1 Å². The van der Waals surface area contributed by atoms with Crippen LogP contribution in [-0.4, -0.2) is 11.9 Å². The molecule has 0 heterocycles. The minimum Gasteiger partial charge on any atom is -0.346 e. The van der Waals surface area contributed by atoms with E-state index in [2.05, 4.69) is 10.6 Å². The molecule has 3 aromatic rings. The Morgan fingerprint density at radius 3 is 1.87 bits per heavy atom. The summed E-state index contributed by atoms with van der Waals surface area (Å²) in [6.45, 7) is 2.03. The number of benzene rings is 3. The molecule has 3 nitrogen and oxygen atoms in total. The zero-order valence-electron chi connectivity index (χ0n) is 21.4. The monoisotopic (exact) mass is 548 g/mol. The van der Waals surface area contributed by atoms with Gasteiger partial charge >= 0.3 is 12.4 Å². The fraction of sp³-hybridized carbons (Fsp3) is 0.367. The van der Waals surface area contributed by atoms with Crippen LogP contribution in [0.3, 0.4) is 0 Å². The highest BCUT2D eigenvalue weighted by atomic mass is 19.4. The first kappa shape index (κ1) is 28.7. The molecule has 0 unspecified atom stereocenters. The van der Waals surface area contributed by atoms with Crippen LogP contribution in [0.5, 0.6) is 0 Å². The number of hydrogen-bond donors (Lipinski definition) is 2. The van der Waals surface area contributed by atoms with Gasteiger partial charge in [0, 0.05) is 12.6 Å². The van der Waals surface area contributed by atoms with Gasteiger partial charge in [0.15, 0.2) is 0 Å². The van der Waals surface area contributed by atoms with Gasteiger partial charge in [0.25, 0.3) is 0 Å². The van der Waals surface area contributed by atoms with E-state index in [-0.39, 0.29) is 17.7 Å². The van der Waals surface area contributed by atoms with Crippen molar-refractivity contribution in [2.45, 2.75) is 69.0 Å². The third-order valence-corrected chi connectivity index (χ3v) is 7.47. The molecule has 9 heteroatoms. The number of rotatable bonds is 7. The molecular formula is C30H30F6N2O. The average Bonchev–Trinajstić information content (AvgIpc) is 2.92. The Balaban J connectivity index is 1.54. The summed E-state index contributed by atoms with van der Waals surface area (Å²) in [5.41, 5.74) is -1.99. The number of halogens is 6. The van der Waals surface area contributed by atoms with Gasteiger partial charge in [0.05, 0.1) is 22.6 Å². The second-order valence-corrected chi connectivity index (χ2v) is 10.1. The third kappa shape index (κ3) is 7.01. The molecule has 0 radical (unpaired) electrons. The molecule has 1 aliphatic rings. The fourth-order valence-electron chi connectivity index (χ4n) is 5.14. The first-order valence-corrected chi connectivity index (χ1v) is 12.8. The van der Waals surface area contributed by atoms with Gasteiger partial charge in [-0.1, -0.05) is 60.7 Å². The summed E-state index contributed by atoms with van der Waals surface area (Å²) in [7, 11) is 0. The summed E-state index contributed by atoms with van der Waals surface area (Å²) in [6.07, 6.45) is -7.36. The fourth-order valence-corrected chi connectivity index (χ4v) is 5.14. The van der Waals surface area contributed by atoms with E-state index in [4.69, 9.17) is 0 Å². The maximum absolute atomic E-state index is 13.4. The van der Waals surface area contributed by atoms with E-state index in [0.717, 1.165) is 24.0 Å². The quantitative estimate of drug-likeness (QED) is 0.299. The van der Waals surface area contributed by atoms with Crippen LogP contribution in [0.4, 0.5) is 26.3 Å². The van der Waals surface area contributed by atoms with Gasteiger partial charge < -0.3 is 10.6 Å². The topological polar surface area (TPSA) is 41.1 Å². The van der Waals surface area contributed by atoms with Crippen LogP contribution in [-0.2, 0) is 29.2 Å². The average molecular weight is 549 g/mol. The molecule has 1 atom stereocenters. The second kappa shape index (κ2) is 11.4. The molecule has 39 heavy (non-hydrogen) atoms. The first-order valence-electron chi connectivity index (χ1n) is 12.8. The molecule has 1 aliphatic carbocycles. The number of carbonyl (C=O) groups excluding carboxylic acids is 1. The summed E-state index contributed by atoms with van der Waals surface area (Å²) in [5, 5.41) is 6.57. The lowest BCUT2D eigenvalue weighted by Gasteiger charge is -2.42. The molecule has 2 N–H and O–H groups in total. The van der Waals surface area contributed by atoms with E-state index in [1.165, 1.54) is 6.92 Å². The molecule has 0 bridgehead atoms. The predicted molar refractivity (Wildman–Crippen MR) is 137 cm³/mol. The Morgan fingerprint density at radius 1 is 0.846 bits per heavy atom. The Hall–Kier alpha value is -3.33. The summed E-state index contributed by atoms with van der Waals surface area (Å²) in [4.78, 5) is 13.4. The molecule has 1 amide bonds. The smallest absolute Gasteiger partial charge is 0.346 e. The van der Waals surface area contributed by atoms with Crippen molar-refractivity contribution in [1.82, 2.24) is 10.6 Å². The minimum absolute atomic E-state index is 0.0727. The molecule has 0 saturated heterocycles. The molecule has 208 valence electrons. The van der Waals surface area contributed by atoms with E-state index in [9.17, 15) is 31.1 Å². The Bertz CT molecular complexity index is 1220. The molecule has 0 aliphatic heterocycles. The number of alkyl halides is 6. The number of hydrogen-bond acceptors (Lipinski definition) is 2. The highest BCUT2D eigenvalue weighted by molar-refractivity contribution is 5.84. The van der Waals surface area contributed by atoms with Crippen molar-refractivity contribution >= 4 is 5.91 Å². The Labute approximate surface area is 223 Å². The highest BCUT2D eigenvalue weighted by Gasteiger charge is 2.41. The van der Waals surface area contributed by atoms with E-state index in [1.54, 1.807) is 0 Å². The van der Waals surface area contributed by atoms with Crippen molar-refractivity contribution in [3.8, 4) is 0 Å². The van der Waals surface area contributed by atoms with Crippen molar-refractivity contribution in [1.29, 1.82) is 0 Å². The van der Waals surface area contributed by atoms with Crippen LogP contribution in [0, 0.1) is 0 Å². The molecule has 3 aromatic carbocycles. The van der Waals surface area contributed by atoms with Gasteiger partial charge in [-0.25, -0.2) is 0 Å². The lowest BCUT2D eigenvalue weighted by Crippen LogP contribution is -2.51. The maximum atomic E-state index is 13.4. The molecule has 1 fully saturated rings. The third-order valence-electron chi connectivity index (χ3n) is 7.47. The van der Waals surface area contributed by atoms with Gasteiger partial charge in [-0.2, -0.15) is 26.3 Å². The summed E-state index contributed by atoms with van der Waals surface area (Å²) in [6, 6.07) is 20.8. The van der Waals surface area contributed by atoms with Crippen LogP contribution in [0.2, 0.25) is 0 Å². The maximum Gasteiger partial charge on any atom is 0.416 e. The highest BCUT2D eigenvalue weighted by Crippen LogP contribution is 2.40. The van der Waals surface area contributed by atoms with Crippen molar-refractivity contribution in [3.05, 3.63) is 107 Å². The number of amides is 1. The van der Waals surface area contributed by atoms with Crippen molar-refractivity contribution in [2.24, 2.45) is 0 Å². The van der Waals surface area contributed by atoms with Crippen LogP contribution in [0.1, 0.15) is 66.3 Å². The van der Waals surface area contributed by atoms with Crippen molar-refractivity contribution in [3.63, 3.8) is 0 Å². The lowest BCUT2D eigenvalue weighted by atomic mass is 9.74. The van der Waals surface area contributed by atoms with E-state index in [0.29, 0.717) is 31.5 Å². The normalized spacial score (nSPS) is 20.8. The Kier molecular flexibility index (Phi) is 8.39. The SMILES string of the molecule is C[C@H](C(=O)NC1(c2ccccc2)CCC(NCc2ccccc2)CC1)c1cc(C(F)(F)F)cc(C(F)(F)F)c1. The van der Waals surface area contributed by atoms with E-state index in [1.807, 2.05) is 60.7 Å². The lowest BCUT2D eigenvalue weighted by molar-refractivity contribution is -0.143. The van der Waals surface area contributed by atoms with Gasteiger partial charge in [0.2, 0.25) is 5.91 Å². The van der Waals surface area contributed by atoms with Crippen LogP contribution >= 0.6 is 0 Å². The zero-order chi connectivity index (χ0) is 28.3. The predicted octanol–water partition coefficient (Wildman–Crippen LogP) is 7.57. The standard InChI is InChI=1S/C30H30F6N2O/c1-20(22-16-24(29(31,32)33)18-25(17-22)30(34,35)36)27(39)38-28(23-10-6-3-7-11-23)14-12-26(13-15-28)37-19-21-8-4-2-5-9-21/h2-11,16-18,20,26,37H,12-15,19H2,1H3,(H,38,39)/t20-,26?,28?/m0/s1. The molecular weight excluding hydrogens is 518 g/mol.